The van der Waals surface area contributed by atoms with Crippen LogP contribution in [0.25, 0.3) is 0 Å². The Labute approximate surface area is 193 Å². The van der Waals surface area contributed by atoms with Crippen LogP contribution in [0.1, 0.15) is 81.1 Å². The molecule has 5 atom stereocenters. The molecule has 0 spiro atoms. The van der Waals surface area contributed by atoms with Gasteiger partial charge in [0.05, 0.1) is 0 Å². The molecule has 2 rings (SSSR count). The second-order valence-corrected chi connectivity index (χ2v) is 10.2. The van der Waals surface area contributed by atoms with Crippen LogP contribution >= 0.6 is 0 Å². The maximum atomic E-state index is 12.5. The summed E-state index contributed by atoms with van der Waals surface area (Å²) in [6.45, 7) is 15.8. The average Bonchev–Trinajstić information content (AvgIpc) is 2.71. The standard InChI is InChI=1S/C27H40O5/c1-9-17(2)25(30)31-13-11-18(3)23(32-21(6)28)16-27(8)19(4)10-12-26(7)20(5)14-22(29)15-24(26)27/h9,11,14,19,23-24H,10,12-13,15-16H2,1-8H3/b17-9-,18-11+/t19-,23-,24+,26-,27+/m1/s1. The average molecular weight is 445 g/mol. The first-order valence-corrected chi connectivity index (χ1v) is 11.7. The van der Waals surface area contributed by atoms with Crippen molar-refractivity contribution in [3.05, 3.63) is 34.9 Å². The summed E-state index contributed by atoms with van der Waals surface area (Å²) < 4.78 is 11.1. The van der Waals surface area contributed by atoms with Gasteiger partial charge in [0.1, 0.15) is 12.7 Å². The number of allylic oxidation sites excluding steroid dienone is 3. The molecule has 5 nitrogen and oxygen atoms in total. The molecule has 0 heterocycles. The molecule has 0 unspecified atom stereocenters. The number of ether oxygens (including phenoxy) is 2. The zero-order chi connectivity index (χ0) is 24.3. The van der Waals surface area contributed by atoms with Crippen LogP contribution < -0.4 is 0 Å². The van der Waals surface area contributed by atoms with Gasteiger partial charge in [0.15, 0.2) is 5.78 Å². The van der Waals surface area contributed by atoms with Gasteiger partial charge in [0.25, 0.3) is 0 Å². The molecule has 1 saturated carbocycles. The van der Waals surface area contributed by atoms with E-state index in [4.69, 9.17) is 9.47 Å². The summed E-state index contributed by atoms with van der Waals surface area (Å²) in [5, 5.41) is 0. The number of esters is 2. The minimum absolute atomic E-state index is 0.0207. The van der Waals surface area contributed by atoms with Crippen LogP contribution in [-0.4, -0.2) is 30.4 Å². The quantitative estimate of drug-likeness (QED) is 0.284. The van der Waals surface area contributed by atoms with E-state index in [1.807, 2.05) is 19.1 Å². The van der Waals surface area contributed by atoms with E-state index in [2.05, 4.69) is 27.7 Å². The van der Waals surface area contributed by atoms with Crippen LogP contribution in [-0.2, 0) is 23.9 Å². The van der Waals surface area contributed by atoms with E-state index in [1.165, 1.54) is 12.5 Å². The maximum absolute atomic E-state index is 12.5. The van der Waals surface area contributed by atoms with Gasteiger partial charge < -0.3 is 9.47 Å². The van der Waals surface area contributed by atoms with Crippen LogP contribution in [0.3, 0.4) is 0 Å². The number of hydrogen-bond donors (Lipinski definition) is 0. The fraction of sp³-hybridized carbons (Fsp3) is 0.667. The molecular weight excluding hydrogens is 404 g/mol. The highest BCUT2D eigenvalue weighted by atomic mass is 16.5. The van der Waals surface area contributed by atoms with E-state index in [1.54, 1.807) is 19.9 Å². The fourth-order valence-electron chi connectivity index (χ4n) is 5.54. The number of rotatable bonds is 7. The van der Waals surface area contributed by atoms with Gasteiger partial charge in [-0.2, -0.15) is 0 Å². The van der Waals surface area contributed by atoms with Gasteiger partial charge in [0.2, 0.25) is 0 Å². The predicted molar refractivity (Wildman–Crippen MR) is 126 cm³/mol. The first-order valence-electron chi connectivity index (χ1n) is 11.7. The summed E-state index contributed by atoms with van der Waals surface area (Å²) in [4.78, 5) is 36.4. The molecule has 0 amide bonds. The molecular formula is C27H40O5. The summed E-state index contributed by atoms with van der Waals surface area (Å²) in [6.07, 6.45) is 8.24. The molecule has 1 fully saturated rings. The first-order chi connectivity index (χ1) is 14.8. The van der Waals surface area contributed by atoms with Crippen molar-refractivity contribution in [2.75, 3.05) is 6.61 Å². The monoisotopic (exact) mass is 444 g/mol. The Morgan fingerprint density at radius 3 is 2.50 bits per heavy atom. The van der Waals surface area contributed by atoms with Crippen molar-refractivity contribution in [3.63, 3.8) is 0 Å². The Bertz CT molecular complexity index is 848. The predicted octanol–water partition coefficient (Wildman–Crippen LogP) is 5.74. The Kier molecular flexibility index (Phi) is 8.30. The number of carbonyl (C=O) groups is 3. The minimum Gasteiger partial charge on any atom is -0.458 e. The van der Waals surface area contributed by atoms with Crippen molar-refractivity contribution in [3.8, 4) is 0 Å². The summed E-state index contributed by atoms with van der Waals surface area (Å²) >= 11 is 0. The second-order valence-electron chi connectivity index (χ2n) is 10.2. The largest absolute Gasteiger partial charge is 0.458 e. The third-order valence-electron chi connectivity index (χ3n) is 8.29. The Balaban J connectivity index is 2.30. The number of fused-ring (bicyclic) bond motifs is 1. The van der Waals surface area contributed by atoms with Crippen LogP contribution in [0.5, 0.6) is 0 Å². The van der Waals surface area contributed by atoms with Gasteiger partial charge in [0, 0.05) is 18.9 Å². The number of carbonyl (C=O) groups excluding carboxylic acids is 3. The third-order valence-corrected chi connectivity index (χ3v) is 8.29. The van der Waals surface area contributed by atoms with Crippen molar-refractivity contribution in [1.82, 2.24) is 0 Å². The molecule has 0 aromatic heterocycles. The summed E-state index contributed by atoms with van der Waals surface area (Å²) in [7, 11) is 0. The molecule has 2 aliphatic carbocycles. The Morgan fingerprint density at radius 2 is 1.91 bits per heavy atom. The molecule has 0 radical (unpaired) electrons. The lowest BCUT2D eigenvalue weighted by molar-refractivity contribution is -0.150. The molecule has 5 heteroatoms. The topological polar surface area (TPSA) is 69.7 Å². The molecule has 0 aromatic carbocycles. The molecule has 0 bridgehead atoms. The molecule has 2 aliphatic rings. The molecule has 32 heavy (non-hydrogen) atoms. The molecule has 0 aliphatic heterocycles. The lowest BCUT2D eigenvalue weighted by Gasteiger charge is -2.58. The van der Waals surface area contributed by atoms with Gasteiger partial charge in [-0.1, -0.05) is 32.4 Å². The fourth-order valence-corrected chi connectivity index (χ4v) is 5.54. The van der Waals surface area contributed by atoms with Crippen molar-refractivity contribution in [2.45, 2.75) is 87.2 Å². The van der Waals surface area contributed by atoms with E-state index in [-0.39, 0.29) is 41.1 Å². The molecule has 178 valence electrons. The van der Waals surface area contributed by atoms with E-state index in [0.717, 1.165) is 18.4 Å². The van der Waals surface area contributed by atoms with Crippen LogP contribution in [0, 0.1) is 22.7 Å². The smallest absolute Gasteiger partial charge is 0.333 e. The van der Waals surface area contributed by atoms with Gasteiger partial charge in [-0.3, -0.25) is 9.59 Å². The zero-order valence-electron chi connectivity index (χ0n) is 21.0. The third kappa shape index (κ3) is 5.41. The van der Waals surface area contributed by atoms with Crippen molar-refractivity contribution >= 4 is 17.7 Å². The van der Waals surface area contributed by atoms with Crippen molar-refractivity contribution in [2.24, 2.45) is 22.7 Å². The highest BCUT2D eigenvalue weighted by molar-refractivity contribution is 5.92. The molecule has 0 saturated heterocycles. The van der Waals surface area contributed by atoms with E-state index >= 15 is 0 Å². The Hall–Kier alpha value is -2.17. The van der Waals surface area contributed by atoms with Crippen molar-refractivity contribution < 1.29 is 23.9 Å². The van der Waals surface area contributed by atoms with Crippen LogP contribution in [0.2, 0.25) is 0 Å². The highest BCUT2D eigenvalue weighted by Gasteiger charge is 2.55. The highest BCUT2D eigenvalue weighted by Crippen LogP contribution is 2.61. The van der Waals surface area contributed by atoms with Crippen LogP contribution in [0.15, 0.2) is 34.9 Å². The van der Waals surface area contributed by atoms with Gasteiger partial charge in [-0.05, 0) is 87.3 Å². The first kappa shape index (κ1) is 26.1. The maximum Gasteiger partial charge on any atom is 0.333 e. The number of ketones is 1. The molecule has 0 N–H and O–H groups in total. The van der Waals surface area contributed by atoms with E-state index < -0.39 is 6.10 Å². The SMILES string of the molecule is C/C=C(/C)C(=O)OC/C=C(\C)[C@@H](C[C@@]1(C)[C@H](C)CC[C@]2(C)C(C)=CC(=O)C[C@H]12)OC(C)=O. The molecule has 0 aromatic rings. The zero-order valence-corrected chi connectivity index (χ0v) is 21.0. The van der Waals surface area contributed by atoms with Gasteiger partial charge >= 0.3 is 11.9 Å². The summed E-state index contributed by atoms with van der Waals surface area (Å²) in [5.41, 5.74) is 2.39. The van der Waals surface area contributed by atoms with E-state index in [0.29, 0.717) is 24.3 Å². The lowest BCUT2D eigenvalue weighted by atomic mass is 9.46. The minimum atomic E-state index is -0.426. The lowest BCUT2D eigenvalue weighted by Crippen LogP contribution is -2.52. The summed E-state index contributed by atoms with van der Waals surface area (Å²) in [6, 6.07) is 0. The van der Waals surface area contributed by atoms with E-state index in [9.17, 15) is 14.4 Å². The number of hydrogen-bond acceptors (Lipinski definition) is 5. The second kappa shape index (κ2) is 10.2. The van der Waals surface area contributed by atoms with Gasteiger partial charge in [-0.15, -0.1) is 0 Å². The van der Waals surface area contributed by atoms with Gasteiger partial charge in [-0.25, -0.2) is 4.79 Å². The Morgan fingerprint density at radius 1 is 1.25 bits per heavy atom. The van der Waals surface area contributed by atoms with Crippen molar-refractivity contribution in [1.29, 1.82) is 0 Å². The van der Waals surface area contributed by atoms with Crippen LogP contribution in [0.4, 0.5) is 0 Å². The summed E-state index contributed by atoms with van der Waals surface area (Å²) in [5.74, 6) is 0.0766. The normalized spacial score (nSPS) is 32.0.